The van der Waals surface area contributed by atoms with Crippen LogP contribution in [0.5, 0.6) is 0 Å². The molecule has 4 amide bonds. The molecule has 6 aliphatic rings. The van der Waals surface area contributed by atoms with E-state index < -0.39 is 48.8 Å². The van der Waals surface area contributed by atoms with Crippen LogP contribution in [0.3, 0.4) is 0 Å². The Balaban J connectivity index is 0.000000145. The number of morpholine rings is 6. The van der Waals surface area contributed by atoms with Crippen molar-refractivity contribution in [2.75, 3.05) is 98.6 Å². The monoisotopic (exact) mass is 1680 g/mol. The van der Waals surface area contributed by atoms with Crippen molar-refractivity contribution in [2.45, 2.75) is 100 Å². The maximum Gasteiger partial charge on any atom is 0.255 e. The maximum absolute atomic E-state index is 12.6. The maximum atomic E-state index is 12.6. The van der Waals surface area contributed by atoms with Gasteiger partial charge in [0.2, 0.25) is 5.91 Å². The highest BCUT2D eigenvalue weighted by Crippen LogP contribution is 2.30. The summed E-state index contributed by atoms with van der Waals surface area (Å²) < 4.78 is 33.2. The van der Waals surface area contributed by atoms with Crippen molar-refractivity contribution in [3.05, 3.63) is 408 Å². The number of benzene rings is 11. The summed E-state index contributed by atoms with van der Waals surface area (Å²) in [5.41, 5.74) is 10.9. The third-order valence-electron chi connectivity index (χ3n) is 21.7. The summed E-state index contributed by atoms with van der Waals surface area (Å²) in [5, 5.41) is 52.2. The fourth-order valence-corrected chi connectivity index (χ4v) is 15.1. The lowest BCUT2D eigenvalue weighted by Gasteiger charge is -2.35. The normalized spacial score (nSPS) is 19.7. The molecular formula is C103H116N6O15. The van der Waals surface area contributed by atoms with Gasteiger partial charge in [-0.2, -0.15) is 0 Å². The highest BCUT2D eigenvalue weighted by atomic mass is 16.5. The van der Waals surface area contributed by atoms with Crippen molar-refractivity contribution in [3.8, 4) is 0 Å². The molecule has 21 nitrogen and oxygen atoms in total. The van der Waals surface area contributed by atoms with Gasteiger partial charge in [-0.25, -0.2) is 0 Å². The van der Waals surface area contributed by atoms with E-state index in [-0.39, 0.29) is 42.4 Å². The summed E-state index contributed by atoms with van der Waals surface area (Å²) in [6.45, 7) is 19.3. The lowest BCUT2D eigenvalue weighted by molar-refractivity contribution is -0.164. The van der Waals surface area contributed by atoms with E-state index in [1.54, 1.807) is 51.1 Å². The molecule has 11 aromatic carbocycles. The van der Waals surface area contributed by atoms with Crippen LogP contribution >= 0.6 is 0 Å². The number of aliphatic hydroxyl groups excluding tert-OH is 5. The van der Waals surface area contributed by atoms with Crippen molar-refractivity contribution in [1.82, 2.24) is 29.4 Å². The van der Waals surface area contributed by atoms with Crippen molar-refractivity contribution < 1.29 is 73.1 Å². The first kappa shape index (κ1) is 93.2. The minimum atomic E-state index is -0.938. The van der Waals surface area contributed by atoms with Crippen LogP contribution in [0, 0.1) is 0 Å². The summed E-state index contributed by atoms with van der Waals surface area (Å²) in [7, 11) is 0. The van der Waals surface area contributed by atoms with E-state index in [1.165, 1.54) is 16.7 Å². The van der Waals surface area contributed by atoms with Crippen LogP contribution in [0.15, 0.2) is 347 Å². The molecule has 124 heavy (non-hydrogen) atoms. The standard InChI is InChI=1S/3C18H19NO3.2C18H21NO2.C11H13NO2.C2H4/c3*20-16(15-9-5-2-6-10-15)17-18(21)19(11-12-22-17)13-14-7-3-1-4-8-14;2*20-18(16-9-5-2-6-10-16)17-14-19(11-12-21-17)13-15-7-3-1-4-8-15;13-11-9-14-7-6-12(11)8-10-4-2-1-3-5-10;1-2/h3*1-10,16-17,20H,11-13H2;2*1-10,17-18,20H,11-14H2;1-5H,6-9H2;1-2H2/t16-,17+;16-,17-;;17-,18+;17-,18-;;/m01.00../s1. The summed E-state index contributed by atoms with van der Waals surface area (Å²) in [4.78, 5) is 60.9. The Morgan fingerprint density at radius 3 is 0.718 bits per heavy atom. The van der Waals surface area contributed by atoms with Crippen LogP contribution in [0.1, 0.15) is 91.7 Å². The molecule has 6 saturated heterocycles. The molecule has 0 saturated carbocycles. The second kappa shape index (κ2) is 50.9. The zero-order valence-electron chi connectivity index (χ0n) is 70.3. The van der Waals surface area contributed by atoms with E-state index in [2.05, 4.69) is 71.5 Å². The van der Waals surface area contributed by atoms with E-state index in [4.69, 9.17) is 28.4 Å². The Kier molecular flexibility index (Phi) is 38.3. The predicted octanol–water partition coefficient (Wildman–Crippen LogP) is 13.5. The van der Waals surface area contributed by atoms with E-state index in [0.717, 1.165) is 67.1 Å². The number of amides is 4. The number of hydrogen-bond donors (Lipinski definition) is 5. The minimum Gasteiger partial charge on any atom is -0.386 e. The van der Waals surface area contributed by atoms with Gasteiger partial charge in [-0.05, 0) is 61.2 Å². The van der Waals surface area contributed by atoms with Gasteiger partial charge in [0.05, 0.1) is 39.6 Å². The first-order valence-electron chi connectivity index (χ1n) is 42.4. The van der Waals surface area contributed by atoms with Crippen LogP contribution in [0.25, 0.3) is 0 Å². The van der Waals surface area contributed by atoms with E-state index in [1.807, 2.05) is 254 Å². The molecule has 10 atom stereocenters. The molecule has 0 aromatic heterocycles. The van der Waals surface area contributed by atoms with Crippen molar-refractivity contribution in [2.24, 2.45) is 0 Å². The topological polar surface area (TPSA) is 244 Å². The van der Waals surface area contributed by atoms with Crippen molar-refractivity contribution in [1.29, 1.82) is 0 Å². The minimum absolute atomic E-state index is 0.0834. The van der Waals surface area contributed by atoms with E-state index >= 15 is 0 Å². The Morgan fingerprint density at radius 2 is 0.468 bits per heavy atom. The predicted molar refractivity (Wildman–Crippen MR) is 479 cm³/mol. The van der Waals surface area contributed by atoms with Crippen molar-refractivity contribution >= 4 is 23.6 Å². The summed E-state index contributed by atoms with van der Waals surface area (Å²) in [5.74, 6) is -0.399. The molecule has 6 fully saturated rings. The molecule has 5 N–H and O–H groups in total. The Labute approximate surface area is 729 Å². The molecule has 21 heteroatoms. The fraction of sp³-hybridized carbons (Fsp3) is 0.301. The van der Waals surface area contributed by atoms with Gasteiger partial charge in [0.1, 0.15) is 49.3 Å². The molecule has 0 aliphatic carbocycles. The van der Waals surface area contributed by atoms with Gasteiger partial charge in [-0.3, -0.25) is 29.0 Å². The quantitative estimate of drug-likeness (QED) is 0.0396. The van der Waals surface area contributed by atoms with Crippen molar-refractivity contribution in [3.63, 3.8) is 0 Å². The Hall–Kier alpha value is -11.5. The third kappa shape index (κ3) is 29.1. The number of ether oxygens (including phenoxy) is 6. The lowest BCUT2D eigenvalue weighted by Crippen LogP contribution is -2.49. The molecule has 6 heterocycles. The Bertz CT molecular complexity index is 4460. The van der Waals surface area contributed by atoms with Crippen LogP contribution in [-0.2, 0) is 86.9 Å². The number of aliphatic hydroxyl groups is 5. The molecule has 0 radical (unpaired) electrons. The van der Waals surface area contributed by atoms with E-state index in [0.29, 0.717) is 109 Å². The van der Waals surface area contributed by atoms with Gasteiger partial charge in [-0.15, -0.1) is 13.2 Å². The molecule has 11 aromatic rings. The highest BCUT2D eigenvalue weighted by molar-refractivity contribution is 5.84. The molecule has 6 aliphatic heterocycles. The van der Waals surface area contributed by atoms with Crippen LogP contribution in [0.4, 0.5) is 0 Å². The molecule has 17 rings (SSSR count). The zero-order chi connectivity index (χ0) is 86.9. The highest BCUT2D eigenvalue weighted by Gasteiger charge is 2.39. The lowest BCUT2D eigenvalue weighted by atomic mass is 10.0. The van der Waals surface area contributed by atoms with Gasteiger partial charge < -0.3 is 73.6 Å². The molecule has 0 spiro atoms. The Morgan fingerprint density at radius 1 is 0.258 bits per heavy atom. The number of hydrogen-bond acceptors (Lipinski definition) is 17. The van der Waals surface area contributed by atoms with Crippen LogP contribution in [-0.4, -0.2) is 208 Å². The average Bonchev–Trinajstić information content (AvgIpc) is 0.825. The van der Waals surface area contributed by atoms with Crippen LogP contribution < -0.4 is 0 Å². The number of carbonyl (C=O) groups is 4. The van der Waals surface area contributed by atoms with Gasteiger partial charge in [0.25, 0.3) is 17.7 Å². The summed E-state index contributed by atoms with van der Waals surface area (Å²) in [6.07, 6.45) is -6.77. The summed E-state index contributed by atoms with van der Waals surface area (Å²) >= 11 is 0. The van der Waals surface area contributed by atoms with Gasteiger partial charge in [0.15, 0.2) is 18.3 Å². The first-order chi connectivity index (χ1) is 60.8. The zero-order valence-corrected chi connectivity index (χ0v) is 70.3. The number of carbonyl (C=O) groups excluding carboxylic acids is 4. The molecular weight excluding hydrogens is 1560 g/mol. The van der Waals surface area contributed by atoms with Gasteiger partial charge in [0, 0.05) is 91.6 Å². The number of nitrogens with zero attached hydrogens (tertiary/aromatic N) is 6. The first-order valence-corrected chi connectivity index (χ1v) is 42.4. The molecule has 0 bridgehead atoms. The second-order valence-electron chi connectivity index (χ2n) is 30.5. The molecule has 648 valence electrons. The largest absolute Gasteiger partial charge is 0.386 e. The summed E-state index contributed by atoms with van der Waals surface area (Å²) in [6, 6.07) is 107. The molecule has 2 unspecified atom stereocenters. The van der Waals surface area contributed by atoms with Gasteiger partial charge in [-0.1, -0.05) is 334 Å². The average molecular weight is 1680 g/mol. The number of rotatable bonds is 22. The second-order valence-corrected chi connectivity index (χ2v) is 30.5. The third-order valence-corrected chi connectivity index (χ3v) is 21.7. The van der Waals surface area contributed by atoms with Gasteiger partial charge >= 0.3 is 0 Å². The smallest absolute Gasteiger partial charge is 0.255 e. The fourth-order valence-electron chi connectivity index (χ4n) is 15.1. The SMILES string of the molecule is C=C.O=C1C(C(O)c2ccccc2)OCCN1Cc1ccccc1.O=C1COCCN1Cc1ccccc1.O=C1[C@@H]([C@@H](O)c2ccccc2)OCCN1Cc1ccccc1.O=C1[C@@H]([C@H](O)c2ccccc2)OCCN1Cc1ccccc1.O[C@@H](c1ccccc1)[C@@H]1CN(Cc2ccccc2)CCO1.O[C@H](c1ccccc1)[C@@H]1CN(Cc2ccccc2)CCO1. The van der Waals surface area contributed by atoms with E-state index in [9.17, 15) is 44.7 Å². The van der Waals surface area contributed by atoms with Crippen LogP contribution in [0.2, 0.25) is 0 Å².